The van der Waals surface area contributed by atoms with Gasteiger partial charge in [-0.3, -0.25) is 0 Å². The van der Waals surface area contributed by atoms with Gasteiger partial charge in [0.05, 0.1) is 11.5 Å². The van der Waals surface area contributed by atoms with Gasteiger partial charge in [-0.05, 0) is 43.0 Å². The highest BCUT2D eigenvalue weighted by Crippen LogP contribution is 2.28. The van der Waals surface area contributed by atoms with Crippen molar-refractivity contribution in [2.24, 2.45) is 5.92 Å². The maximum Gasteiger partial charge on any atom is 0.240 e. The summed E-state index contributed by atoms with van der Waals surface area (Å²) in [6.07, 6.45) is 2.42. The molecule has 2 rings (SSSR count). The fraction of sp³-hybridized carbons (Fsp3) is 0.500. The predicted molar refractivity (Wildman–Crippen MR) is 65.1 cm³/mol. The molecule has 100 valence electrons. The molecule has 0 unspecified atom stereocenters. The summed E-state index contributed by atoms with van der Waals surface area (Å²) in [5, 5.41) is 0. The summed E-state index contributed by atoms with van der Waals surface area (Å²) in [6, 6.07) is 4.72. The first kappa shape index (κ1) is 13.5. The van der Waals surface area contributed by atoms with Gasteiger partial charge in [-0.15, -0.1) is 0 Å². The molecule has 1 fully saturated rings. The van der Waals surface area contributed by atoms with Crippen LogP contribution in [0, 0.1) is 11.7 Å². The molecule has 6 heteroatoms. The zero-order valence-corrected chi connectivity index (χ0v) is 10.7. The Balaban J connectivity index is 1.77. The first-order valence-electron chi connectivity index (χ1n) is 5.91. The highest BCUT2D eigenvalue weighted by molar-refractivity contribution is 7.89. The van der Waals surface area contributed by atoms with Gasteiger partial charge in [-0.2, -0.15) is 0 Å². The Labute approximate surface area is 106 Å². The van der Waals surface area contributed by atoms with Crippen LogP contribution in [0.15, 0.2) is 29.2 Å². The molecule has 0 spiro atoms. The second kappa shape index (κ2) is 5.77. The van der Waals surface area contributed by atoms with Gasteiger partial charge in [-0.1, -0.05) is 0 Å². The standard InChI is InChI=1S/C12H16FNO3S/c13-11-3-5-12(6-4-11)18(15,16)14-7-8-17-9-10-1-2-10/h3-6,10,14H,1-2,7-9H2. The van der Waals surface area contributed by atoms with Crippen LogP contribution in [0.4, 0.5) is 4.39 Å². The van der Waals surface area contributed by atoms with Crippen LogP contribution < -0.4 is 4.72 Å². The lowest BCUT2D eigenvalue weighted by molar-refractivity contribution is 0.129. The third-order valence-electron chi connectivity index (χ3n) is 2.71. The van der Waals surface area contributed by atoms with Gasteiger partial charge < -0.3 is 4.74 Å². The molecule has 0 heterocycles. The molecule has 0 aliphatic heterocycles. The van der Waals surface area contributed by atoms with E-state index in [-0.39, 0.29) is 11.4 Å². The Morgan fingerprint density at radius 1 is 1.28 bits per heavy atom. The van der Waals surface area contributed by atoms with E-state index in [1.54, 1.807) is 0 Å². The Bertz CT molecular complexity index is 483. The van der Waals surface area contributed by atoms with Crippen LogP contribution in [0.1, 0.15) is 12.8 Å². The fourth-order valence-corrected chi connectivity index (χ4v) is 2.49. The molecule has 0 radical (unpaired) electrons. The summed E-state index contributed by atoms with van der Waals surface area (Å²) in [7, 11) is -3.56. The van der Waals surface area contributed by atoms with Gasteiger partial charge in [0.2, 0.25) is 10.0 Å². The van der Waals surface area contributed by atoms with E-state index in [2.05, 4.69) is 4.72 Å². The number of halogens is 1. The first-order chi connectivity index (χ1) is 8.58. The van der Waals surface area contributed by atoms with E-state index in [1.807, 2.05) is 0 Å². The average Bonchev–Trinajstić information content (AvgIpc) is 3.13. The quantitative estimate of drug-likeness (QED) is 0.767. The summed E-state index contributed by atoms with van der Waals surface area (Å²) >= 11 is 0. The number of hydrogen-bond acceptors (Lipinski definition) is 3. The molecule has 0 saturated heterocycles. The summed E-state index contributed by atoms with van der Waals surface area (Å²) in [6.45, 7) is 1.29. The van der Waals surface area contributed by atoms with Gasteiger partial charge in [0, 0.05) is 13.2 Å². The number of benzene rings is 1. The van der Waals surface area contributed by atoms with E-state index in [1.165, 1.54) is 25.0 Å². The highest BCUT2D eigenvalue weighted by atomic mass is 32.2. The van der Waals surface area contributed by atoms with Gasteiger partial charge in [0.1, 0.15) is 5.82 Å². The second-order valence-corrected chi connectivity index (χ2v) is 6.14. The first-order valence-corrected chi connectivity index (χ1v) is 7.39. The zero-order valence-electron chi connectivity index (χ0n) is 9.93. The molecule has 1 aromatic carbocycles. The fourth-order valence-electron chi connectivity index (χ4n) is 1.48. The molecule has 1 aliphatic carbocycles. The van der Waals surface area contributed by atoms with Crippen LogP contribution in [-0.2, 0) is 14.8 Å². The molecule has 4 nitrogen and oxygen atoms in total. The molecule has 18 heavy (non-hydrogen) atoms. The molecule has 0 atom stereocenters. The van der Waals surface area contributed by atoms with Crippen LogP contribution in [0.3, 0.4) is 0 Å². The van der Waals surface area contributed by atoms with Crippen LogP contribution in [0.5, 0.6) is 0 Å². The molecule has 0 aromatic heterocycles. The average molecular weight is 273 g/mol. The maximum atomic E-state index is 12.7. The second-order valence-electron chi connectivity index (χ2n) is 4.37. The lowest BCUT2D eigenvalue weighted by Crippen LogP contribution is -2.27. The number of rotatable bonds is 7. The number of nitrogens with one attached hydrogen (secondary N) is 1. The maximum absolute atomic E-state index is 12.7. The van der Waals surface area contributed by atoms with Crippen LogP contribution in [-0.4, -0.2) is 28.2 Å². The van der Waals surface area contributed by atoms with Gasteiger partial charge in [-0.25, -0.2) is 17.5 Å². The number of sulfonamides is 1. The van der Waals surface area contributed by atoms with E-state index in [0.717, 1.165) is 12.1 Å². The summed E-state index contributed by atoms with van der Waals surface area (Å²) in [4.78, 5) is 0.0612. The van der Waals surface area contributed by atoms with Crippen molar-refractivity contribution in [2.45, 2.75) is 17.7 Å². The van der Waals surface area contributed by atoms with Crippen molar-refractivity contribution in [3.8, 4) is 0 Å². The normalized spacial score (nSPS) is 15.8. The van der Waals surface area contributed by atoms with Crippen molar-refractivity contribution < 1.29 is 17.5 Å². The minimum Gasteiger partial charge on any atom is -0.380 e. The summed E-state index contributed by atoms with van der Waals surface area (Å²) < 4.78 is 43.9. The Morgan fingerprint density at radius 3 is 2.56 bits per heavy atom. The molecular formula is C12H16FNO3S. The Kier molecular flexibility index (Phi) is 4.31. The zero-order chi connectivity index (χ0) is 13.0. The van der Waals surface area contributed by atoms with Crippen molar-refractivity contribution in [1.82, 2.24) is 4.72 Å². The van der Waals surface area contributed by atoms with Crippen LogP contribution in [0.25, 0.3) is 0 Å². The molecule has 1 N–H and O–H groups in total. The van der Waals surface area contributed by atoms with Crippen LogP contribution in [0.2, 0.25) is 0 Å². The van der Waals surface area contributed by atoms with E-state index in [9.17, 15) is 12.8 Å². The smallest absolute Gasteiger partial charge is 0.240 e. The minimum absolute atomic E-state index is 0.0612. The number of ether oxygens (including phenoxy) is 1. The highest BCUT2D eigenvalue weighted by Gasteiger charge is 2.21. The largest absolute Gasteiger partial charge is 0.380 e. The molecule has 0 amide bonds. The van der Waals surface area contributed by atoms with E-state index in [4.69, 9.17) is 4.74 Å². The van der Waals surface area contributed by atoms with Crippen molar-refractivity contribution in [2.75, 3.05) is 19.8 Å². The molecule has 1 aliphatic rings. The Morgan fingerprint density at radius 2 is 1.94 bits per heavy atom. The van der Waals surface area contributed by atoms with Gasteiger partial charge >= 0.3 is 0 Å². The third kappa shape index (κ3) is 4.04. The van der Waals surface area contributed by atoms with Crippen molar-refractivity contribution in [3.05, 3.63) is 30.1 Å². The number of hydrogen-bond donors (Lipinski definition) is 1. The van der Waals surface area contributed by atoms with E-state index in [0.29, 0.717) is 19.1 Å². The predicted octanol–water partition coefficient (Wildman–Crippen LogP) is 1.53. The lowest BCUT2D eigenvalue weighted by Gasteiger charge is -2.07. The molecule has 1 aromatic rings. The molecule has 0 bridgehead atoms. The van der Waals surface area contributed by atoms with Crippen molar-refractivity contribution >= 4 is 10.0 Å². The van der Waals surface area contributed by atoms with E-state index < -0.39 is 15.8 Å². The Hall–Kier alpha value is -0.980. The van der Waals surface area contributed by atoms with E-state index >= 15 is 0 Å². The molecule has 1 saturated carbocycles. The van der Waals surface area contributed by atoms with Crippen LogP contribution >= 0.6 is 0 Å². The third-order valence-corrected chi connectivity index (χ3v) is 4.19. The SMILES string of the molecule is O=S(=O)(NCCOCC1CC1)c1ccc(F)cc1. The minimum atomic E-state index is -3.56. The lowest BCUT2D eigenvalue weighted by atomic mass is 10.4. The monoisotopic (exact) mass is 273 g/mol. The summed E-state index contributed by atoms with van der Waals surface area (Å²) in [5.74, 6) is 0.209. The molecular weight excluding hydrogens is 257 g/mol. The summed E-state index contributed by atoms with van der Waals surface area (Å²) in [5.41, 5.74) is 0. The topological polar surface area (TPSA) is 55.4 Å². The van der Waals surface area contributed by atoms with Crippen molar-refractivity contribution in [1.29, 1.82) is 0 Å². The van der Waals surface area contributed by atoms with Gasteiger partial charge in [0.15, 0.2) is 0 Å². The van der Waals surface area contributed by atoms with Gasteiger partial charge in [0.25, 0.3) is 0 Å². The van der Waals surface area contributed by atoms with Crippen molar-refractivity contribution in [3.63, 3.8) is 0 Å².